The van der Waals surface area contributed by atoms with Crippen molar-refractivity contribution in [3.63, 3.8) is 0 Å². The molecule has 8 nitrogen and oxygen atoms in total. The first kappa shape index (κ1) is 22.3. The monoisotopic (exact) mass is 486 g/mol. The van der Waals surface area contributed by atoms with E-state index in [1.165, 1.54) is 30.5 Å². The van der Waals surface area contributed by atoms with Crippen LogP contribution in [0.15, 0.2) is 77.8 Å². The Morgan fingerprint density at radius 2 is 1.61 bits per heavy atom. The summed E-state index contributed by atoms with van der Waals surface area (Å²) in [5.74, 6) is -1.83. The maximum atomic E-state index is 13.1. The van der Waals surface area contributed by atoms with Crippen LogP contribution in [0, 0.1) is 5.82 Å². The van der Waals surface area contributed by atoms with Crippen molar-refractivity contribution in [3.05, 3.63) is 94.9 Å². The van der Waals surface area contributed by atoms with Crippen molar-refractivity contribution in [3.8, 4) is 0 Å². The van der Waals surface area contributed by atoms with Crippen LogP contribution in [0.3, 0.4) is 0 Å². The summed E-state index contributed by atoms with van der Waals surface area (Å²) in [5, 5.41) is 0.556. The SMILES string of the molecule is O=C(NNC(=O)c1c[nH]c2ccccc12)c1ccc(Cl)c(S(=O)(=O)Nc2ccc(F)cc2)c1. The van der Waals surface area contributed by atoms with Crippen molar-refractivity contribution in [1.82, 2.24) is 15.8 Å². The first-order valence-electron chi connectivity index (χ1n) is 9.49. The average molecular weight is 487 g/mol. The van der Waals surface area contributed by atoms with Crippen LogP contribution in [0.1, 0.15) is 20.7 Å². The van der Waals surface area contributed by atoms with E-state index >= 15 is 0 Å². The standard InChI is InChI=1S/C22H16ClFN4O4S/c23-18-10-5-13(11-20(18)33(31,32)28-15-8-6-14(24)7-9-15)21(29)26-27-22(30)17-12-25-19-4-2-1-3-16(17)19/h1-12,25,28H,(H,26,29)(H,27,30). The molecule has 0 unspecified atom stereocenters. The zero-order chi connectivity index (χ0) is 23.6. The molecular formula is C22H16ClFN4O4S. The number of para-hydroxylation sites is 1. The number of hydrazine groups is 1. The van der Waals surface area contributed by atoms with Crippen molar-refractivity contribution in [2.24, 2.45) is 0 Å². The fourth-order valence-electron chi connectivity index (χ4n) is 3.09. The molecular weight excluding hydrogens is 471 g/mol. The number of carbonyl (C=O) groups excluding carboxylic acids is 2. The van der Waals surface area contributed by atoms with Gasteiger partial charge in [-0.05, 0) is 48.5 Å². The van der Waals surface area contributed by atoms with Crippen molar-refractivity contribution in [1.29, 1.82) is 0 Å². The molecule has 1 aromatic heterocycles. The second-order valence-corrected chi connectivity index (χ2v) is 8.97. The van der Waals surface area contributed by atoms with Crippen LogP contribution in [0.4, 0.5) is 10.1 Å². The smallest absolute Gasteiger partial charge is 0.271 e. The minimum Gasteiger partial charge on any atom is -0.360 e. The van der Waals surface area contributed by atoms with E-state index in [0.717, 1.165) is 23.7 Å². The molecule has 0 bridgehead atoms. The first-order valence-corrected chi connectivity index (χ1v) is 11.4. The van der Waals surface area contributed by atoms with Crippen LogP contribution in [0.2, 0.25) is 5.02 Å². The van der Waals surface area contributed by atoms with E-state index in [1.54, 1.807) is 18.2 Å². The van der Waals surface area contributed by atoms with Gasteiger partial charge in [-0.3, -0.25) is 25.2 Å². The number of anilines is 1. The van der Waals surface area contributed by atoms with E-state index in [4.69, 9.17) is 11.6 Å². The lowest BCUT2D eigenvalue weighted by Crippen LogP contribution is -2.41. The molecule has 2 amide bonds. The Labute approximate surface area is 192 Å². The molecule has 4 aromatic rings. The number of hydrogen-bond donors (Lipinski definition) is 4. The van der Waals surface area contributed by atoms with Crippen LogP contribution in [0.25, 0.3) is 10.9 Å². The quantitative estimate of drug-likeness (QED) is 0.320. The average Bonchev–Trinajstić information content (AvgIpc) is 3.23. The Kier molecular flexibility index (Phi) is 6.03. The van der Waals surface area contributed by atoms with Gasteiger partial charge in [-0.1, -0.05) is 29.8 Å². The van der Waals surface area contributed by atoms with Gasteiger partial charge in [0.15, 0.2) is 0 Å². The highest BCUT2D eigenvalue weighted by atomic mass is 35.5. The number of aromatic nitrogens is 1. The zero-order valence-corrected chi connectivity index (χ0v) is 18.3. The second-order valence-electron chi connectivity index (χ2n) is 6.91. The van der Waals surface area contributed by atoms with Crippen molar-refractivity contribution < 1.29 is 22.4 Å². The second kappa shape index (κ2) is 8.93. The van der Waals surface area contributed by atoms with Gasteiger partial charge in [-0.25, -0.2) is 12.8 Å². The number of sulfonamides is 1. The summed E-state index contributed by atoms with van der Waals surface area (Å²) < 4.78 is 40.8. The van der Waals surface area contributed by atoms with E-state index in [-0.39, 0.29) is 21.2 Å². The number of aromatic amines is 1. The fraction of sp³-hybridized carbons (Fsp3) is 0. The summed E-state index contributed by atoms with van der Waals surface area (Å²) in [6.07, 6.45) is 1.51. The van der Waals surface area contributed by atoms with Crippen molar-refractivity contribution in [2.75, 3.05) is 4.72 Å². The number of halogens is 2. The number of nitrogens with one attached hydrogen (secondary N) is 4. The van der Waals surface area contributed by atoms with Gasteiger partial charge < -0.3 is 4.98 Å². The Hall–Kier alpha value is -3.89. The molecule has 0 saturated heterocycles. The third kappa shape index (κ3) is 4.81. The molecule has 4 N–H and O–H groups in total. The predicted octanol–water partition coefficient (Wildman–Crippen LogP) is 3.84. The number of H-pyrrole nitrogens is 1. The number of hydrogen-bond acceptors (Lipinski definition) is 4. The summed E-state index contributed by atoms with van der Waals surface area (Å²) >= 11 is 6.04. The van der Waals surface area contributed by atoms with E-state index < -0.39 is 27.7 Å². The van der Waals surface area contributed by atoms with E-state index in [9.17, 15) is 22.4 Å². The van der Waals surface area contributed by atoms with E-state index in [2.05, 4.69) is 20.6 Å². The molecule has 0 radical (unpaired) electrons. The molecule has 0 fully saturated rings. The lowest BCUT2D eigenvalue weighted by atomic mass is 10.2. The van der Waals surface area contributed by atoms with E-state index in [0.29, 0.717) is 10.9 Å². The van der Waals surface area contributed by atoms with Crippen LogP contribution in [-0.2, 0) is 10.0 Å². The molecule has 0 saturated carbocycles. The first-order chi connectivity index (χ1) is 15.7. The lowest BCUT2D eigenvalue weighted by Gasteiger charge is -2.12. The minimum atomic E-state index is -4.18. The minimum absolute atomic E-state index is 0.0573. The predicted molar refractivity (Wildman–Crippen MR) is 122 cm³/mol. The summed E-state index contributed by atoms with van der Waals surface area (Å²) in [4.78, 5) is 27.6. The number of carbonyl (C=O) groups is 2. The fourth-order valence-corrected chi connectivity index (χ4v) is 4.68. The molecule has 0 aliphatic heterocycles. The number of fused-ring (bicyclic) bond motifs is 1. The Bertz CT molecular complexity index is 1470. The van der Waals surface area contributed by atoms with Crippen LogP contribution < -0.4 is 15.6 Å². The summed E-state index contributed by atoms with van der Waals surface area (Å²) in [7, 11) is -4.18. The van der Waals surface area contributed by atoms with Crippen molar-refractivity contribution in [2.45, 2.75) is 4.90 Å². The van der Waals surface area contributed by atoms with Gasteiger partial charge in [0.2, 0.25) is 0 Å². The maximum absolute atomic E-state index is 13.1. The molecule has 1 heterocycles. The number of amides is 2. The summed E-state index contributed by atoms with van der Waals surface area (Å²) in [6.45, 7) is 0. The summed E-state index contributed by atoms with van der Waals surface area (Å²) in [5.41, 5.74) is 5.70. The van der Waals surface area contributed by atoms with Crippen molar-refractivity contribution >= 4 is 50.0 Å². The zero-order valence-electron chi connectivity index (χ0n) is 16.7. The molecule has 33 heavy (non-hydrogen) atoms. The molecule has 0 aliphatic carbocycles. The molecule has 0 aliphatic rings. The normalized spacial score (nSPS) is 11.2. The highest BCUT2D eigenvalue weighted by Gasteiger charge is 2.21. The van der Waals surface area contributed by atoms with Gasteiger partial charge in [-0.15, -0.1) is 0 Å². The summed E-state index contributed by atoms with van der Waals surface area (Å²) in [6, 6.07) is 15.5. The third-order valence-corrected chi connectivity index (χ3v) is 6.57. The Balaban J connectivity index is 1.50. The van der Waals surface area contributed by atoms with Gasteiger partial charge in [-0.2, -0.15) is 0 Å². The number of rotatable bonds is 5. The highest BCUT2D eigenvalue weighted by Crippen LogP contribution is 2.25. The van der Waals surface area contributed by atoms with Crippen LogP contribution in [-0.4, -0.2) is 25.2 Å². The maximum Gasteiger partial charge on any atom is 0.271 e. The molecule has 0 spiro atoms. The largest absolute Gasteiger partial charge is 0.360 e. The molecule has 0 atom stereocenters. The van der Waals surface area contributed by atoms with Crippen LogP contribution >= 0.6 is 11.6 Å². The topological polar surface area (TPSA) is 120 Å². The van der Waals surface area contributed by atoms with Gasteiger partial charge in [0.1, 0.15) is 10.7 Å². The van der Waals surface area contributed by atoms with Gasteiger partial charge >= 0.3 is 0 Å². The Morgan fingerprint density at radius 3 is 2.36 bits per heavy atom. The van der Waals surface area contributed by atoms with Gasteiger partial charge in [0.25, 0.3) is 21.8 Å². The molecule has 168 valence electrons. The molecule has 3 aromatic carbocycles. The van der Waals surface area contributed by atoms with E-state index in [1.807, 2.05) is 6.07 Å². The van der Waals surface area contributed by atoms with Crippen LogP contribution in [0.5, 0.6) is 0 Å². The third-order valence-electron chi connectivity index (χ3n) is 4.70. The molecule has 11 heteroatoms. The molecule has 4 rings (SSSR count). The lowest BCUT2D eigenvalue weighted by molar-refractivity contribution is 0.0847. The highest BCUT2D eigenvalue weighted by molar-refractivity contribution is 7.92. The Morgan fingerprint density at radius 1 is 0.909 bits per heavy atom. The number of benzene rings is 3. The van der Waals surface area contributed by atoms with Gasteiger partial charge in [0.05, 0.1) is 10.6 Å². The van der Waals surface area contributed by atoms with Gasteiger partial charge in [0, 0.05) is 28.4 Å².